The Kier molecular flexibility index (Phi) is 4.65. The SMILES string of the molecule is CCOc1ncc(Br)cc1C1(C)CC(S(N)(=O)=O)=CC=C1O. The molecular weight excluding hydrogens is 372 g/mol. The third kappa shape index (κ3) is 3.18. The van der Waals surface area contributed by atoms with Gasteiger partial charge in [-0.15, -0.1) is 0 Å². The second-order valence-corrected chi connectivity index (χ2v) is 7.71. The molecule has 2 rings (SSSR count). The molecule has 1 atom stereocenters. The number of aromatic nitrogens is 1. The molecule has 0 aromatic carbocycles. The number of hydrogen-bond donors (Lipinski definition) is 2. The van der Waals surface area contributed by atoms with Crippen LogP contribution in [0.25, 0.3) is 0 Å². The van der Waals surface area contributed by atoms with Crippen molar-refractivity contribution in [3.05, 3.63) is 45.1 Å². The summed E-state index contributed by atoms with van der Waals surface area (Å²) in [4.78, 5) is 4.25. The highest BCUT2D eigenvalue weighted by molar-refractivity contribution is 9.10. The molecule has 3 N–H and O–H groups in total. The number of halogens is 1. The Balaban J connectivity index is 2.58. The molecule has 22 heavy (non-hydrogen) atoms. The van der Waals surface area contributed by atoms with Gasteiger partial charge >= 0.3 is 0 Å². The van der Waals surface area contributed by atoms with Gasteiger partial charge in [-0.2, -0.15) is 0 Å². The molecule has 0 aliphatic heterocycles. The second kappa shape index (κ2) is 6.02. The van der Waals surface area contributed by atoms with Gasteiger partial charge in [-0.1, -0.05) is 0 Å². The molecule has 1 aliphatic rings. The summed E-state index contributed by atoms with van der Waals surface area (Å²) in [6.07, 6.45) is 4.28. The molecule has 0 bridgehead atoms. The summed E-state index contributed by atoms with van der Waals surface area (Å²) in [6.45, 7) is 3.95. The van der Waals surface area contributed by atoms with Gasteiger partial charge in [0.2, 0.25) is 15.9 Å². The van der Waals surface area contributed by atoms with E-state index in [0.717, 1.165) is 0 Å². The first-order valence-electron chi connectivity index (χ1n) is 6.60. The molecule has 1 aromatic rings. The van der Waals surface area contributed by atoms with Crippen molar-refractivity contribution in [3.63, 3.8) is 0 Å². The molecular formula is C14H17BrN2O4S. The molecule has 1 heterocycles. The van der Waals surface area contributed by atoms with Crippen LogP contribution in [-0.2, 0) is 15.4 Å². The second-order valence-electron chi connectivity index (χ2n) is 5.18. The van der Waals surface area contributed by atoms with E-state index in [-0.39, 0.29) is 17.1 Å². The number of aliphatic hydroxyl groups is 1. The summed E-state index contributed by atoms with van der Waals surface area (Å²) >= 11 is 3.34. The molecule has 0 spiro atoms. The maximum Gasteiger partial charge on any atom is 0.234 e. The lowest BCUT2D eigenvalue weighted by Gasteiger charge is -2.33. The van der Waals surface area contributed by atoms with E-state index in [1.807, 2.05) is 6.92 Å². The molecule has 6 nitrogen and oxygen atoms in total. The number of pyridine rings is 1. The average Bonchev–Trinajstić information content (AvgIpc) is 2.43. The zero-order valence-electron chi connectivity index (χ0n) is 12.2. The highest BCUT2D eigenvalue weighted by Gasteiger charge is 2.39. The van der Waals surface area contributed by atoms with Gasteiger partial charge < -0.3 is 9.84 Å². The zero-order chi connectivity index (χ0) is 16.5. The fourth-order valence-corrected chi connectivity index (χ4v) is 3.44. The predicted molar refractivity (Wildman–Crippen MR) is 87.0 cm³/mol. The summed E-state index contributed by atoms with van der Waals surface area (Å²) in [5, 5.41) is 15.5. The number of ether oxygens (including phenoxy) is 1. The molecule has 1 unspecified atom stereocenters. The van der Waals surface area contributed by atoms with Crippen LogP contribution in [0.4, 0.5) is 0 Å². The van der Waals surface area contributed by atoms with Crippen molar-refractivity contribution in [2.75, 3.05) is 6.61 Å². The first-order chi connectivity index (χ1) is 10.2. The van der Waals surface area contributed by atoms with Crippen LogP contribution >= 0.6 is 15.9 Å². The Morgan fingerprint density at radius 2 is 2.18 bits per heavy atom. The van der Waals surface area contributed by atoms with E-state index in [1.54, 1.807) is 19.2 Å². The summed E-state index contributed by atoms with van der Waals surface area (Å²) in [5.74, 6) is 0.379. The molecule has 0 amide bonds. The average molecular weight is 389 g/mol. The van der Waals surface area contributed by atoms with Gasteiger partial charge in [-0.05, 0) is 48.0 Å². The maximum atomic E-state index is 11.6. The fourth-order valence-electron chi connectivity index (χ4n) is 2.36. The monoisotopic (exact) mass is 388 g/mol. The lowest BCUT2D eigenvalue weighted by molar-refractivity contribution is 0.279. The number of rotatable bonds is 4. The van der Waals surface area contributed by atoms with Crippen LogP contribution in [0.2, 0.25) is 0 Å². The quantitative estimate of drug-likeness (QED) is 0.824. The van der Waals surface area contributed by atoms with Crippen LogP contribution in [0, 0.1) is 0 Å². The summed E-state index contributed by atoms with van der Waals surface area (Å²) in [7, 11) is -3.83. The molecule has 0 radical (unpaired) electrons. The maximum absolute atomic E-state index is 11.6. The van der Waals surface area contributed by atoms with Crippen molar-refractivity contribution in [2.45, 2.75) is 25.7 Å². The number of nitrogens with two attached hydrogens (primary N) is 1. The molecule has 120 valence electrons. The normalized spacial score (nSPS) is 22.0. The Morgan fingerprint density at radius 3 is 2.77 bits per heavy atom. The van der Waals surface area contributed by atoms with E-state index >= 15 is 0 Å². The van der Waals surface area contributed by atoms with Gasteiger partial charge in [-0.3, -0.25) is 0 Å². The minimum atomic E-state index is -3.83. The van der Waals surface area contributed by atoms with Crippen molar-refractivity contribution in [1.82, 2.24) is 4.98 Å². The third-order valence-corrected chi connectivity index (χ3v) is 5.02. The van der Waals surface area contributed by atoms with Gasteiger partial charge in [0, 0.05) is 22.7 Å². The largest absolute Gasteiger partial charge is 0.511 e. The number of sulfonamides is 1. The zero-order valence-corrected chi connectivity index (χ0v) is 14.6. The minimum Gasteiger partial charge on any atom is -0.511 e. The van der Waals surface area contributed by atoms with Crippen LogP contribution in [0.5, 0.6) is 5.88 Å². The summed E-state index contributed by atoms with van der Waals surface area (Å²) in [6, 6.07) is 1.76. The molecule has 0 fully saturated rings. The number of hydrogen-bond acceptors (Lipinski definition) is 5. The number of nitrogens with zero attached hydrogens (tertiary/aromatic N) is 1. The Morgan fingerprint density at radius 1 is 1.50 bits per heavy atom. The highest BCUT2D eigenvalue weighted by atomic mass is 79.9. The molecule has 8 heteroatoms. The van der Waals surface area contributed by atoms with Crippen molar-refractivity contribution in [2.24, 2.45) is 5.14 Å². The molecule has 0 saturated heterocycles. The lowest BCUT2D eigenvalue weighted by atomic mass is 9.76. The summed E-state index contributed by atoms with van der Waals surface area (Å²) < 4.78 is 29.5. The highest BCUT2D eigenvalue weighted by Crippen LogP contribution is 2.44. The van der Waals surface area contributed by atoms with Crippen molar-refractivity contribution in [3.8, 4) is 5.88 Å². The van der Waals surface area contributed by atoms with Crippen LogP contribution in [-0.4, -0.2) is 25.1 Å². The van der Waals surface area contributed by atoms with E-state index in [0.29, 0.717) is 22.5 Å². The van der Waals surface area contributed by atoms with Crippen molar-refractivity contribution >= 4 is 26.0 Å². The molecule has 1 aromatic heterocycles. The van der Waals surface area contributed by atoms with Crippen LogP contribution in [0.3, 0.4) is 0 Å². The summed E-state index contributed by atoms with van der Waals surface area (Å²) in [5.41, 5.74) is -0.399. The van der Waals surface area contributed by atoms with Crippen LogP contribution < -0.4 is 9.88 Å². The molecule has 0 saturated carbocycles. The first-order valence-corrected chi connectivity index (χ1v) is 8.94. The van der Waals surface area contributed by atoms with Crippen molar-refractivity contribution in [1.29, 1.82) is 0 Å². The Hall–Kier alpha value is -1.38. The van der Waals surface area contributed by atoms with Gasteiger partial charge in [0.05, 0.1) is 16.9 Å². The Bertz CT molecular complexity index is 758. The third-order valence-electron chi connectivity index (χ3n) is 3.58. The van der Waals surface area contributed by atoms with E-state index in [9.17, 15) is 13.5 Å². The van der Waals surface area contributed by atoms with E-state index in [2.05, 4.69) is 20.9 Å². The Labute approximate surface area is 137 Å². The van der Waals surface area contributed by atoms with Crippen LogP contribution in [0.15, 0.2) is 39.6 Å². The fraction of sp³-hybridized carbons (Fsp3) is 0.357. The van der Waals surface area contributed by atoms with E-state index in [1.165, 1.54) is 12.2 Å². The van der Waals surface area contributed by atoms with E-state index in [4.69, 9.17) is 9.88 Å². The number of aliphatic hydroxyl groups excluding tert-OH is 1. The van der Waals surface area contributed by atoms with Gasteiger partial charge in [-0.25, -0.2) is 18.5 Å². The molecule has 1 aliphatic carbocycles. The van der Waals surface area contributed by atoms with Crippen molar-refractivity contribution < 1.29 is 18.3 Å². The van der Waals surface area contributed by atoms with Gasteiger partial charge in [0.25, 0.3) is 0 Å². The van der Waals surface area contributed by atoms with Crippen LogP contribution in [0.1, 0.15) is 25.8 Å². The lowest BCUT2D eigenvalue weighted by Crippen LogP contribution is -2.31. The smallest absolute Gasteiger partial charge is 0.234 e. The topological polar surface area (TPSA) is 103 Å². The standard InChI is InChI=1S/C14H17BrN2O4S/c1-3-21-13-11(6-9(15)8-17-13)14(2)7-10(22(16,19)20)4-5-12(14)18/h4-6,8,18H,3,7H2,1-2H3,(H2,16,19,20). The number of primary sulfonamides is 1. The van der Waals surface area contributed by atoms with Gasteiger partial charge in [0.15, 0.2) is 0 Å². The van der Waals surface area contributed by atoms with Gasteiger partial charge in [0.1, 0.15) is 5.76 Å². The number of allylic oxidation sites excluding steroid dienone is 4. The predicted octanol–water partition coefficient (Wildman–Crippen LogP) is 2.52. The minimum absolute atomic E-state index is 0.0285. The van der Waals surface area contributed by atoms with E-state index < -0.39 is 15.4 Å². The first kappa shape index (κ1) is 17.0.